The molecule has 1 aliphatic heterocycles. The number of nitrogens with zero attached hydrogens (tertiary/aromatic N) is 1. The van der Waals surface area contributed by atoms with E-state index < -0.39 is 5.97 Å². The Labute approximate surface area is 104 Å². The van der Waals surface area contributed by atoms with Gasteiger partial charge in [-0.3, -0.25) is 0 Å². The smallest absolute Gasteiger partial charge is 0.343 e. The van der Waals surface area contributed by atoms with Crippen LogP contribution in [0.15, 0.2) is 30.5 Å². The number of aromatic nitrogens is 1. The fourth-order valence-corrected chi connectivity index (χ4v) is 2.15. The minimum Gasteiger partial charge on any atom is -0.484 e. The largest absolute Gasteiger partial charge is 0.484 e. The number of benzene rings is 1. The summed E-state index contributed by atoms with van der Waals surface area (Å²) < 4.78 is 12.4. The molecule has 0 radical (unpaired) electrons. The molecule has 5 nitrogen and oxygen atoms in total. The van der Waals surface area contributed by atoms with Gasteiger partial charge in [0.25, 0.3) is 0 Å². The number of carbonyl (C=O) groups excluding carboxylic acids is 1. The molecule has 92 valence electrons. The number of esters is 1. The average molecular weight is 244 g/mol. The number of anilines is 1. The maximum atomic E-state index is 11.8. The average Bonchev–Trinajstić information content (AvgIpc) is 2.86. The van der Waals surface area contributed by atoms with Crippen LogP contribution in [0.5, 0.6) is 5.75 Å². The van der Waals surface area contributed by atoms with Crippen molar-refractivity contribution >= 4 is 11.7 Å². The number of ether oxygens (including phenoxy) is 2. The van der Waals surface area contributed by atoms with E-state index in [9.17, 15) is 4.79 Å². The highest BCUT2D eigenvalue weighted by atomic mass is 16.5. The Morgan fingerprint density at radius 1 is 1.44 bits per heavy atom. The van der Waals surface area contributed by atoms with Crippen molar-refractivity contribution in [2.24, 2.45) is 0 Å². The number of hydrogen-bond donors (Lipinski definition) is 1. The van der Waals surface area contributed by atoms with Gasteiger partial charge in [-0.15, -0.1) is 0 Å². The molecule has 1 aromatic heterocycles. The lowest BCUT2D eigenvalue weighted by Gasteiger charge is -2.23. The van der Waals surface area contributed by atoms with Crippen molar-refractivity contribution in [2.75, 3.05) is 12.8 Å². The maximum Gasteiger partial charge on any atom is 0.343 e. The van der Waals surface area contributed by atoms with Gasteiger partial charge in [0.05, 0.1) is 24.2 Å². The lowest BCUT2D eigenvalue weighted by atomic mass is 10.1. The third-order valence-electron chi connectivity index (χ3n) is 3.02. The van der Waals surface area contributed by atoms with Crippen LogP contribution in [-0.4, -0.2) is 17.6 Å². The predicted octanol–water partition coefficient (Wildman–Crippen LogP) is 1.74. The quantitative estimate of drug-likeness (QED) is 0.613. The van der Waals surface area contributed by atoms with Crippen LogP contribution in [0.1, 0.15) is 16.1 Å². The molecule has 0 fully saturated rings. The molecular weight excluding hydrogens is 232 g/mol. The van der Waals surface area contributed by atoms with Crippen molar-refractivity contribution in [3.63, 3.8) is 0 Å². The van der Waals surface area contributed by atoms with E-state index in [2.05, 4.69) is 0 Å². The summed E-state index contributed by atoms with van der Waals surface area (Å²) in [5.41, 5.74) is 8.30. The number of nitrogens with two attached hydrogens (primary N) is 1. The molecule has 0 saturated heterocycles. The van der Waals surface area contributed by atoms with E-state index in [-0.39, 0.29) is 5.56 Å². The molecule has 1 aromatic carbocycles. The van der Waals surface area contributed by atoms with E-state index in [1.54, 1.807) is 6.07 Å². The minimum absolute atomic E-state index is 0.286. The summed E-state index contributed by atoms with van der Waals surface area (Å²) in [5, 5.41) is 0. The highest BCUT2D eigenvalue weighted by Crippen LogP contribution is 2.36. The summed E-state index contributed by atoms with van der Waals surface area (Å²) in [6.07, 6.45) is 1.92. The fraction of sp³-hybridized carbons (Fsp3) is 0.154. The van der Waals surface area contributed by atoms with Crippen molar-refractivity contribution in [3.8, 4) is 11.4 Å². The van der Waals surface area contributed by atoms with Crippen LogP contribution in [0.3, 0.4) is 0 Å². The molecule has 2 aromatic rings. The van der Waals surface area contributed by atoms with E-state index in [1.165, 1.54) is 7.11 Å². The van der Waals surface area contributed by atoms with Crippen molar-refractivity contribution < 1.29 is 14.3 Å². The number of methoxy groups -OCH3 is 1. The van der Waals surface area contributed by atoms with Gasteiger partial charge in [0.2, 0.25) is 0 Å². The number of nitrogen functional groups attached to an aromatic ring is 1. The van der Waals surface area contributed by atoms with Crippen LogP contribution < -0.4 is 10.5 Å². The molecule has 0 bridgehead atoms. The van der Waals surface area contributed by atoms with Crippen molar-refractivity contribution in [1.82, 2.24) is 4.57 Å². The van der Waals surface area contributed by atoms with Gasteiger partial charge in [-0.1, -0.05) is 0 Å². The summed E-state index contributed by atoms with van der Waals surface area (Å²) in [5.74, 6) is -0.00879. The van der Waals surface area contributed by atoms with E-state index in [0.29, 0.717) is 18.0 Å². The zero-order valence-electron chi connectivity index (χ0n) is 9.84. The normalized spacial score (nSPS) is 12.3. The Bertz CT molecular complexity index is 631. The molecule has 0 amide bonds. The molecule has 1 aliphatic rings. The van der Waals surface area contributed by atoms with Crippen LogP contribution in [-0.2, 0) is 11.3 Å². The monoisotopic (exact) mass is 244 g/mol. The highest BCUT2D eigenvalue weighted by Gasteiger charge is 2.25. The first-order valence-electron chi connectivity index (χ1n) is 5.52. The van der Waals surface area contributed by atoms with Crippen molar-refractivity contribution in [3.05, 3.63) is 41.7 Å². The molecule has 0 saturated carbocycles. The number of hydrogen-bond acceptors (Lipinski definition) is 4. The number of rotatable bonds is 1. The number of fused-ring (bicyclic) bond motifs is 3. The van der Waals surface area contributed by atoms with Crippen molar-refractivity contribution in [2.45, 2.75) is 6.61 Å². The highest BCUT2D eigenvalue weighted by molar-refractivity contribution is 5.99. The van der Waals surface area contributed by atoms with Crippen LogP contribution in [0.2, 0.25) is 0 Å². The first-order chi connectivity index (χ1) is 8.72. The molecule has 2 heterocycles. The standard InChI is InChI=1S/C13H12N2O3/c1-17-13(16)11-9(14)4-5-10-12(11)18-7-8-3-2-6-15(8)10/h2-6H,7,14H2,1H3. The van der Waals surface area contributed by atoms with Crippen LogP contribution in [0.4, 0.5) is 5.69 Å². The molecule has 3 rings (SSSR count). The summed E-state index contributed by atoms with van der Waals surface area (Å²) in [6, 6.07) is 7.42. The Kier molecular flexibility index (Phi) is 2.26. The maximum absolute atomic E-state index is 11.8. The first-order valence-corrected chi connectivity index (χ1v) is 5.52. The van der Waals surface area contributed by atoms with Gasteiger partial charge in [0.1, 0.15) is 12.2 Å². The summed E-state index contributed by atoms with van der Waals surface area (Å²) in [7, 11) is 1.32. The van der Waals surface area contributed by atoms with Crippen LogP contribution in [0, 0.1) is 0 Å². The number of carbonyl (C=O) groups is 1. The van der Waals surface area contributed by atoms with Gasteiger partial charge >= 0.3 is 5.97 Å². The molecule has 0 aliphatic carbocycles. The minimum atomic E-state index is -0.486. The lowest BCUT2D eigenvalue weighted by molar-refractivity contribution is 0.0596. The summed E-state index contributed by atoms with van der Waals surface area (Å²) in [4.78, 5) is 11.8. The molecule has 0 atom stereocenters. The van der Waals surface area contributed by atoms with E-state index in [4.69, 9.17) is 15.2 Å². The van der Waals surface area contributed by atoms with E-state index in [1.807, 2.05) is 29.0 Å². The topological polar surface area (TPSA) is 66.5 Å². The van der Waals surface area contributed by atoms with Crippen LogP contribution >= 0.6 is 0 Å². The molecule has 18 heavy (non-hydrogen) atoms. The van der Waals surface area contributed by atoms with E-state index >= 15 is 0 Å². The van der Waals surface area contributed by atoms with Gasteiger partial charge in [0.15, 0.2) is 5.75 Å². The Balaban J connectivity index is 2.26. The first kappa shape index (κ1) is 10.7. The third kappa shape index (κ3) is 1.37. The second kappa shape index (κ2) is 3.80. The van der Waals surface area contributed by atoms with Gasteiger partial charge in [-0.25, -0.2) is 4.79 Å². The van der Waals surface area contributed by atoms with Crippen molar-refractivity contribution in [1.29, 1.82) is 0 Å². The lowest BCUT2D eigenvalue weighted by Crippen LogP contribution is -2.17. The zero-order valence-corrected chi connectivity index (χ0v) is 9.84. The molecular formula is C13H12N2O3. The van der Waals surface area contributed by atoms with Gasteiger partial charge in [-0.2, -0.15) is 0 Å². The molecule has 0 spiro atoms. The second-order valence-electron chi connectivity index (χ2n) is 4.03. The zero-order chi connectivity index (χ0) is 12.7. The molecule has 5 heteroatoms. The summed E-state index contributed by atoms with van der Waals surface area (Å²) in [6.45, 7) is 0.410. The Morgan fingerprint density at radius 2 is 2.28 bits per heavy atom. The van der Waals surface area contributed by atoms with E-state index in [0.717, 1.165) is 11.4 Å². The van der Waals surface area contributed by atoms with Gasteiger partial charge in [-0.05, 0) is 24.3 Å². The predicted molar refractivity (Wildman–Crippen MR) is 65.9 cm³/mol. The summed E-state index contributed by atoms with van der Waals surface area (Å²) >= 11 is 0. The SMILES string of the molecule is COC(=O)c1c(N)ccc2c1OCc1cccn1-2. The van der Waals surface area contributed by atoms with Crippen LogP contribution in [0.25, 0.3) is 5.69 Å². The fourth-order valence-electron chi connectivity index (χ4n) is 2.15. The third-order valence-corrected chi connectivity index (χ3v) is 3.02. The molecule has 0 unspecified atom stereocenters. The Morgan fingerprint density at radius 3 is 3.06 bits per heavy atom. The van der Waals surface area contributed by atoms with Gasteiger partial charge in [0, 0.05) is 6.20 Å². The second-order valence-corrected chi connectivity index (χ2v) is 4.03. The Hall–Kier alpha value is -2.43. The van der Waals surface area contributed by atoms with Gasteiger partial charge < -0.3 is 19.8 Å². The molecule has 2 N–H and O–H groups in total.